The Hall–Kier alpha value is -3.95. The van der Waals surface area contributed by atoms with Crippen LogP contribution in [-0.4, -0.2) is 41.0 Å². The third kappa shape index (κ3) is 5.89. The van der Waals surface area contributed by atoms with Crippen molar-refractivity contribution in [3.05, 3.63) is 93.5 Å². The van der Waals surface area contributed by atoms with Crippen LogP contribution in [0.15, 0.2) is 66.8 Å². The Balaban J connectivity index is 1.83. The number of hydrogen-bond donors (Lipinski definition) is 1. The predicted octanol–water partition coefficient (Wildman–Crippen LogP) is 6.25. The van der Waals surface area contributed by atoms with Crippen LogP contribution in [0.5, 0.6) is 5.75 Å². The minimum atomic E-state index is -1.05. The van der Waals surface area contributed by atoms with E-state index in [1.54, 1.807) is 55.5 Å². The zero-order valence-corrected chi connectivity index (χ0v) is 23.1. The van der Waals surface area contributed by atoms with E-state index in [0.29, 0.717) is 34.2 Å². The SMILES string of the molecule is C=CCOC(=O)c1sc(N2C(=O)C(=O)C(=C(O)c3cccc(OCCCC)c3)C2c2cccc(Cl)c2)nc1C. The molecule has 8 nitrogen and oxygen atoms in total. The molecule has 39 heavy (non-hydrogen) atoms. The molecule has 1 aliphatic rings. The molecule has 202 valence electrons. The maximum atomic E-state index is 13.4. The van der Waals surface area contributed by atoms with Crippen LogP contribution in [0.3, 0.4) is 0 Å². The summed E-state index contributed by atoms with van der Waals surface area (Å²) in [7, 11) is 0. The van der Waals surface area contributed by atoms with Gasteiger partial charge in [-0.25, -0.2) is 9.78 Å². The first kappa shape index (κ1) is 28.1. The number of anilines is 1. The molecule has 10 heteroatoms. The fourth-order valence-electron chi connectivity index (χ4n) is 4.12. The standard InChI is InChI=1S/C29H27ClN2O6S/c1-4-6-14-37-21-12-8-10-19(16-21)24(33)22-23(18-9-7-11-20(30)15-18)32(27(35)25(22)34)29-31-17(3)26(39-29)28(36)38-13-5-2/h5,7-12,15-16,23,33H,2,4,6,13-14H2,1,3H3. The Bertz CT molecular complexity index is 1460. The summed E-state index contributed by atoms with van der Waals surface area (Å²) in [5, 5.41) is 11.9. The molecule has 0 radical (unpaired) electrons. The van der Waals surface area contributed by atoms with Gasteiger partial charge < -0.3 is 14.6 Å². The average Bonchev–Trinajstić information content (AvgIpc) is 3.43. The minimum absolute atomic E-state index is 0.0136. The molecule has 3 aromatic rings. The maximum Gasteiger partial charge on any atom is 0.350 e. The Morgan fingerprint density at radius 3 is 2.72 bits per heavy atom. The first-order valence-corrected chi connectivity index (χ1v) is 13.5. The quantitative estimate of drug-likeness (QED) is 0.0771. The topological polar surface area (TPSA) is 106 Å². The third-order valence-corrected chi connectivity index (χ3v) is 7.36. The highest BCUT2D eigenvalue weighted by Gasteiger charge is 2.48. The van der Waals surface area contributed by atoms with Crippen molar-refractivity contribution in [2.24, 2.45) is 0 Å². The van der Waals surface area contributed by atoms with Crippen LogP contribution < -0.4 is 9.64 Å². The van der Waals surface area contributed by atoms with E-state index in [4.69, 9.17) is 21.1 Å². The van der Waals surface area contributed by atoms with Crippen LogP contribution >= 0.6 is 22.9 Å². The number of aliphatic hydroxyl groups excluding tert-OH is 1. The minimum Gasteiger partial charge on any atom is -0.507 e. The normalized spacial score (nSPS) is 16.4. The maximum absolute atomic E-state index is 13.4. The van der Waals surface area contributed by atoms with Gasteiger partial charge in [0, 0.05) is 10.6 Å². The van der Waals surface area contributed by atoms with E-state index in [9.17, 15) is 19.5 Å². The molecular weight excluding hydrogens is 540 g/mol. The molecule has 1 aromatic heterocycles. The van der Waals surface area contributed by atoms with Gasteiger partial charge in [-0.15, -0.1) is 0 Å². The smallest absolute Gasteiger partial charge is 0.350 e. The van der Waals surface area contributed by atoms with Crippen LogP contribution in [0, 0.1) is 6.92 Å². The zero-order valence-electron chi connectivity index (χ0n) is 21.5. The summed E-state index contributed by atoms with van der Waals surface area (Å²) in [6.07, 6.45) is 3.27. The fourth-order valence-corrected chi connectivity index (χ4v) is 5.31. The third-order valence-electron chi connectivity index (χ3n) is 5.99. The van der Waals surface area contributed by atoms with Crippen LogP contribution in [-0.2, 0) is 14.3 Å². The van der Waals surface area contributed by atoms with Gasteiger partial charge in [0.25, 0.3) is 5.78 Å². The van der Waals surface area contributed by atoms with E-state index in [0.717, 1.165) is 24.2 Å². The molecule has 1 amide bonds. The summed E-state index contributed by atoms with van der Waals surface area (Å²) in [4.78, 5) is 45.2. The number of thiazole rings is 1. The van der Waals surface area contributed by atoms with Gasteiger partial charge in [0.15, 0.2) is 5.13 Å². The summed E-state index contributed by atoms with van der Waals surface area (Å²) in [5.74, 6) is -2.23. The summed E-state index contributed by atoms with van der Waals surface area (Å²) in [6.45, 7) is 7.72. The summed E-state index contributed by atoms with van der Waals surface area (Å²) >= 11 is 7.19. The number of amides is 1. The number of aliphatic hydroxyl groups is 1. The number of aromatic nitrogens is 1. The number of carbonyl (C=O) groups excluding carboxylic acids is 3. The summed E-state index contributed by atoms with van der Waals surface area (Å²) < 4.78 is 10.9. The molecule has 1 fully saturated rings. The van der Waals surface area contributed by atoms with Gasteiger partial charge in [0.05, 0.1) is 23.9 Å². The monoisotopic (exact) mass is 566 g/mol. The molecule has 0 bridgehead atoms. The number of ether oxygens (including phenoxy) is 2. The van der Waals surface area contributed by atoms with Crippen molar-refractivity contribution in [1.29, 1.82) is 0 Å². The molecule has 0 spiro atoms. The highest BCUT2D eigenvalue weighted by molar-refractivity contribution is 7.17. The molecule has 1 atom stereocenters. The molecule has 1 aliphatic heterocycles. The van der Waals surface area contributed by atoms with E-state index in [-0.39, 0.29) is 27.9 Å². The van der Waals surface area contributed by atoms with E-state index in [1.165, 1.54) is 11.0 Å². The number of rotatable bonds is 10. The van der Waals surface area contributed by atoms with Crippen LogP contribution in [0.2, 0.25) is 5.02 Å². The van der Waals surface area contributed by atoms with Crippen molar-refractivity contribution in [2.45, 2.75) is 32.7 Å². The van der Waals surface area contributed by atoms with Gasteiger partial charge >= 0.3 is 11.9 Å². The van der Waals surface area contributed by atoms with E-state index in [2.05, 4.69) is 18.5 Å². The number of esters is 1. The molecule has 0 aliphatic carbocycles. The number of hydrogen-bond acceptors (Lipinski definition) is 8. The molecule has 2 aromatic carbocycles. The number of carbonyl (C=O) groups is 3. The second-order valence-electron chi connectivity index (χ2n) is 8.75. The highest BCUT2D eigenvalue weighted by Crippen LogP contribution is 2.44. The Morgan fingerprint density at radius 1 is 1.23 bits per heavy atom. The largest absolute Gasteiger partial charge is 0.507 e. The number of halogens is 1. The van der Waals surface area contributed by atoms with Gasteiger partial charge in [-0.05, 0) is 43.2 Å². The van der Waals surface area contributed by atoms with Crippen LogP contribution in [0.1, 0.15) is 52.3 Å². The molecule has 1 unspecified atom stereocenters. The van der Waals surface area contributed by atoms with Crippen molar-refractivity contribution in [3.63, 3.8) is 0 Å². The van der Waals surface area contributed by atoms with Crippen molar-refractivity contribution >= 4 is 51.5 Å². The number of nitrogens with zero attached hydrogens (tertiary/aromatic N) is 2. The van der Waals surface area contributed by atoms with Crippen molar-refractivity contribution < 1.29 is 29.0 Å². The lowest BCUT2D eigenvalue weighted by molar-refractivity contribution is -0.132. The van der Waals surface area contributed by atoms with Crippen molar-refractivity contribution in [2.75, 3.05) is 18.1 Å². The lowest BCUT2D eigenvalue weighted by atomic mass is 9.95. The van der Waals surface area contributed by atoms with Gasteiger partial charge in [0.1, 0.15) is 23.0 Å². The second-order valence-corrected chi connectivity index (χ2v) is 10.2. The van der Waals surface area contributed by atoms with Crippen molar-refractivity contribution in [1.82, 2.24) is 4.98 Å². The number of aryl methyl sites for hydroxylation is 1. The molecular formula is C29H27ClN2O6S. The molecule has 1 saturated heterocycles. The second kappa shape index (κ2) is 12.3. The molecule has 0 saturated carbocycles. The van der Waals surface area contributed by atoms with Gasteiger partial charge in [-0.3, -0.25) is 14.5 Å². The lowest BCUT2D eigenvalue weighted by Crippen LogP contribution is -2.29. The van der Waals surface area contributed by atoms with Crippen LogP contribution in [0.4, 0.5) is 5.13 Å². The number of Topliss-reactive ketones (excluding diaryl/α,β-unsaturated/α-hetero) is 1. The molecule has 1 N–H and O–H groups in total. The van der Waals surface area contributed by atoms with Gasteiger partial charge in [-0.1, -0.05) is 73.2 Å². The lowest BCUT2D eigenvalue weighted by Gasteiger charge is -2.23. The van der Waals surface area contributed by atoms with Crippen molar-refractivity contribution in [3.8, 4) is 5.75 Å². The number of benzene rings is 2. The summed E-state index contributed by atoms with van der Waals surface area (Å²) in [6, 6.07) is 12.3. The number of ketones is 1. The molecule has 4 rings (SSSR count). The molecule has 2 heterocycles. The Morgan fingerprint density at radius 2 is 2.00 bits per heavy atom. The van der Waals surface area contributed by atoms with E-state index >= 15 is 0 Å². The van der Waals surface area contributed by atoms with E-state index < -0.39 is 23.7 Å². The highest BCUT2D eigenvalue weighted by atomic mass is 35.5. The zero-order chi connectivity index (χ0) is 28.1. The first-order chi connectivity index (χ1) is 18.8. The Labute approximate surface area is 235 Å². The van der Waals surface area contributed by atoms with Gasteiger partial charge in [0.2, 0.25) is 0 Å². The predicted molar refractivity (Wildman–Crippen MR) is 150 cm³/mol. The number of unbranched alkanes of at least 4 members (excludes halogenated alkanes) is 1. The summed E-state index contributed by atoms with van der Waals surface area (Å²) in [5.41, 5.74) is 1.02. The van der Waals surface area contributed by atoms with Gasteiger partial charge in [-0.2, -0.15) is 0 Å². The first-order valence-electron chi connectivity index (χ1n) is 12.3. The van der Waals surface area contributed by atoms with Crippen LogP contribution in [0.25, 0.3) is 5.76 Å². The Kier molecular flexibility index (Phi) is 8.83. The fraction of sp³-hybridized carbons (Fsp3) is 0.241. The average molecular weight is 567 g/mol. The van der Waals surface area contributed by atoms with E-state index in [1.807, 2.05) is 0 Å².